The summed E-state index contributed by atoms with van der Waals surface area (Å²) in [5, 5.41) is 0. The van der Waals surface area contributed by atoms with Crippen molar-refractivity contribution in [2.45, 2.75) is 34.2 Å². The van der Waals surface area contributed by atoms with Crippen LogP contribution in [0.1, 0.15) is 27.7 Å². The molecule has 0 fully saturated rings. The summed E-state index contributed by atoms with van der Waals surface area (Å²) in [4.78, 5) is 4.42. The van der Waals surface area contributed by atoms with Crippen LogP contribution in [0.3, 0.4) is 0 Å². The molecule has 1 aromatic carbocycles. The summed E-state index contributed by atoms with van der Waals surface area (Å²) in [7, 11) is 1.67. The van der Waals surface area contributed by atoms with Crippen LogP contribution in [-0.4, -0.2) is 16.7 Å². The predicted molar refractivity (Wildman–Crippen MR) is 79.3 cm³/mol. The lowest BCUT2D eigenvalue weighted by Crippen LogP contribution is -2.26. The zero-order valence-electron chi connectivity index (χ0n) is 12.4. The molecule has 0 unspecified atom stereocenters. The number of hydrogen-bond donors (Lipinski definition) is 1. The summed E-state index contributed by atoms with van der Waals surface area (Å²) < 4.78 is 7.36. The Bertz CT molecular complexity index is 584. The molecular weight excluding hydrogens is 238 g/mol. The normalized spacial score (nSPS) is 12.3. The molecular formula is C15H23N3O. The van der Waals surface area contributed by atoms with E-state index < -0.39 is 0 Å². The Balaban J connectivity index is 2.50. The molecule has 0 saturated carbocycles. The van der Waals surface area contributed by atoms with Crippen molar-refractivity contribution < 1.29 is 4.74 Å². The van der Waals surface area contributed by atoms with Crippen molar-refractivity contribution in [1.29, 1.82) is 0 Å². The number of fused-ring (bicyclic) bond motifs is 1. The summed E-state index contributed by atoms with van der Waals surface area (Å²) in [5.74, 6) is 1.96. The number of nitrogen functional groups attached to an aromatic ring is 1. The average Bonchev–Trinajstić information content (AvgIpc) is 2.64. The summed E-state index contributed by atoms with van der Waals surface area (Å²) >= 11 is 0. The molecule has 2 rings (SSSR count). The lowest BCUT2D eigenvalue weighted by Gasteiger charge is -2.30. The van der Waals surface area contributed by atoms with Crippen LogP contribution in [0, 0.1) is 11.3 Å². The van der Waals surface area contributed by atoms with E-state index in [1.807, 2.05) is 18.2 Å². The van der Waals surface area contributed by atoms with Crippen LogP contribution in [-0.2, 0) is 6.54 Å². The van der Waals surface area contributed by atoms with Gasteiger partial charge < -0.3 is 15.0 Å². The highest BCUT2D eigenvalue weighted by molar-refractivity contribution is 5.79. The minimum atomic E-state index is 0.158. The number of nitrogens with zero attached hydrogens (tertiary/aromatic N) is 2. The largest absolute Gasteiger partial charge is 0.497 e. The first kappa shape index (κ1) is 13.7. The van der Waals surface area contributed by atoms with Gasteiger partial charge >= 0.3 is 0 Å². The van der Waals surface area contributed by atoms with Gasteiger partial charge in [0.05, 0.1) is 18.1 Å². The van der Waals surface area contributed by atoms with Gasteiger partial charge in [0.25, 0.3) is 0 Å². The molecule has 104 valence electrons. The van der Waals surface area contributed by atoms with Crippen molar-refractivity contribution in [2.75, 3.05) is 12.8 Å². The average molecular weight is 261 g/mol. The summed E-state index contributed by atoms with van der Waals surface area (Å²) in [6.07, 6.45) is 0. The second-order valence-corrected chi connectivity index (χ2v) is 6.05. The van der Waals surface area contributed by atoms with Gasteiger partial charge in [-0.1, -0.05) is 27.7 Å². The van der Waals surface area contributed by atoms with E-state index in [0.29, 0.717) is 11.9 Å². The van der Waals surface area contributed by atoms with Gasteiger partial charge in [0.15, 0.2) is 0 Å². The van der Waals surface area contributed by atoms with Crippen LogP contribution >= 0.6 is 0 Å². The first-order chi connectivity index (χ1) is 8.85. The highest BCUT2D eigenvalue weighted by Gasteiger charge is 2.25. The first-order valence-electron chi connectivity index (χ1n) is 6.65. The Morgan fingerprint density at radius 2 is 2.05 bits per heavy atom. The van der Waals surface area contributed by atoms with Gasteiger partial charge in [0, 0.05) is 12.6 Å². The van der Waals surface area contributed by atoms with E-state index in [4.69, 9.17) is 10.5 Å². The van der Waals surface area contributed by atoms with Gasteiger partial charge in [-0.3, -0.25) is 0 Å². The molecule has 0 atom stereocenters. The quantitative estimate of drug-likeness (QED) is 0.918. The molecule has 0 bridgehead atoms. The van der Waals surface area contributed by atoms with E-state index in [-0.39, 0.29) is 5.41 Å². The van der Waals surface area contributed by atoms with Crippen molar-refractivity contribution in [1.82, 2.24) is 9.55 Å². The van der Waals surface area contributed by atoms with Crippen LogP contribution < -0.4 is 10.5 Å². The van der Waals surface area contributed by atoms with Crippen molar-refractivity contribution >= 4 is 17.0 Å². The SMILES string of the molecule is COc1ccc2nc(N)n(CC(C)(C)C(C)C)c2c1. The molecule has 0 aliphatic heterocycles. The Hall–Kier alpha value is -1.71. The van der Waals surface area contributed by atoms with Crippen LogP contribution in [0.2, 0.25) is 0 Å². The van der Waals surface area contributed by atoms with Crippen LogP contribution in [0.15, 0.2) is 18.2 Å². The Morgan fingerprint density at radius 1 is 1.37 bits per heavy atom. The first-order valence-corrected chi connectivity index (χ1v) is 6.65. The molecule has 0 aliphatic carbocycles. The Morgan fingerprint density at radius 3 is 2.63 bits per heavy atom. The third kappa shape index (κ3) is 2.53. The molecule has 0 spiro atoms. The number of hydrogen-bond acceptors (Lipinski definition) is 3. The second-order valence-electron chi connectivity index (χ2n) is 6.05. The molecule has 0 radical (unpaired) electrons. The summed E-state index contributed by atoms with van der Waals surface area (Å²) in [5.41, 5.74) is 8.17. The molecule has 0 aliphatic rings. The van der Waals surface area contributed by atoms with Crippen LogP contribution in [0.5, 0.6) is 5.75 Å². The maximum Gasteiger partial charge on any atom is 0.201 e. The number of benzene rings is 1. The van der Waals surface area contributed by atoms with Gasteiger partial charge in [-0.25, -0.2) is 4.98 Å². The molecule has 2 aromatic rings. The minimum Gasteiger partial charge on any atom is -0.497 e. The fraction of sp³-hybridized carbons (Fsp3) is 0.533. The number of rotatable bonds is 4. The topological polar surface area (TPSA) is 53.1 Å². The highest BCUT2D eigenvalue weighted by Crippen LogP contribution is 2.32. The van der Waals surface area contributed by atoms with Gasteiger partial charge in [0.2, 0.25) is 5.95 Å². The van der Waals surface area contributed by atoms with Gasteiger partial charge in [-0.15, -0.1) is 0 Å². The molecule has 2 N–H and O–H groups in total. The van der Waals surface area contributed by atoms with Crippen LogP contribution in [0.4, 0.5) is 5.95 Å². The van der Waals surface area contributed by atoms with Gasteiger partial charge in [-0.05, 0) is 23.5 Å². The third-order valence-corrected chi connectivity index (χ3v) is 4.11. The van der Waals surface area contributed by atoms with Crippen LogP contribution in [0.25, 0.3) is 11.0 Å². The van der Waals surface area contributed by atoms with Crippen molar-refractivity contribution in [3.05, 3.63) is 18.2 Å². The van der Waals surface area contributed by atoms with Crippen molar-refractivity contribution in [2.24, 2.45) is 11.3 Å². The second kappa shape index (κ2) is 4.76. The number of nitrogens with two attached hydrogens (primary N) is 1. The van der Waals surface area contributed by atoms with E-state index in [2.05, 4.69) is 37.2 Å². The fourth-order valence-electron chi connectivity index (χ4n) is 2.00. The number of ether oxygens (including phenoxy) is 1. The van der Waals surface area contributed by atoms with Gasteiger partial charge in [0.1, 0.15) is 5.75 Å². The minimum absolute atomic E-state index is 0.158. The van der Waals surface area contributed by atoms with Crippen molar-refractivity contribution in [3.8, 4) is 5.75 Å². The zero-order chi connectivity index (χ0) is 14.2. The smallest absolute Gasteiger partial charge is 0.201 e. The van der Waals surface area contributed by atoms with E-state index >= 15 is 0 Å². The van der Waals surface area contributed by atoms with E-state index in [0.717, 1.165) is 23.3 Å². The molecule has 0 saturated heterocycles. The molecule has 1 aromatic heterocycles. The number of imidazole rings is 1. The molecule has 4 nitrogen and oxygen atoms in total. The molecule has 0 amide bonds. The number of aromatic nitrogens is 2. The Labute approximate surface area is 114 Å². The number of methoxy groups -OCH3 is 1. The monoisotopic (exact) mass is 261 g/mol. The van der Waals surface area contributed by atoms with E-state index in [9.17, 15) is 0 Å². The standard InChI is InChI=1S/C15H23N3O/c1-10(2)15(3,4)9-18-13-8-11(19-5)6-7-12(13)17-14(18)16/h6-8,10H,9H2,1-5H3,(H2,16,17). The maximum absolute atomic E-state index is 6.06. The van der Waals surface area contributed by atoms with E-state index in [1.165, 1.54) is 0 Å². The zero-order valence-corrected chi connectivity index (χ0v) is 12.4. The van der Waals surface area contributed by atoms with Gasteiger partial charge in [-0.2, -0.15) is 0 Å². The maximum atomic E-state index is 6.06. The highest BCUT2D eigenvalue weighted by atomic mass is 16.5. The fourth-order valence-corrected chi connectivity index (χ4v) is 2.00. The third-order valence-electron chi connectivity index (χ3n) is 4.11. The summed E-state index contributed by atoms with van der Waals surface area (Å²) in [6, 6.07) is 5.85. The Kier molecular flexibility index (Phi) is 3.43. The lowest BCUT2D eigenvalue weighted by molar-refractivity contribution is 0.214. The van der Waals surface area contributed by atoms with Crippen molar-refractivity contribution in [3.63, 3.8) is 0 Å². The summed E-state index contributed by atoms with van der Waals surface area (Å²) in [6.45, 7) is 9.82. The number of anilines is 1. The molecule has 19 heavy (non-hydrogen) atoms. The lowest BCUT2D eigenvalue weighted by atomic mass is 9.81. The molecule has 1 heterocycles. The predicted octanol–water partition coefficient (Wildman–Crippen LogP) is 3.31. The van der Waals surface area contributed by atoms with E-state index in [1.54, 1.807) is 7.11 Å². The molecule has 4 heteroatoms.